The van der Waals surface area contributed by atoms with Crippen LogP contribution in [0.5, 0.6) is 23.0 Å². The average molecular weight is 575 g/mol. The Morgan fingerprint density at radius 3 is 1.45 bits per heavy atom. The van der Waals surface area contributed by atoms with Crippen LogP contribution in [0, 0.1) is 0 Å². The predicted molar refractivity (Wildman–Crippen MR) is 156 cm³/mol. The van der Waals surface area contributed by atoms with Crippen molar-refractivity contribution in [1.29, 1.82) is 0 Å². The second-order valence-electron chi connectivity index (χ2n) is 10.9. The molecule has 5 heterocycles. The Balaban J connectivity index is 0.774. The second-order valence-corrected chi connectivity index (χ2v) is 10.9. The molecule has 1 saturated heterocycles. The SMILES string of the molecule is O=C(NCCCN1CCN(CCCNC(=O)c2cc3cc4c(cc3[nH]2)OCO4)CC1)c1cc2cc3c(cc2[nH]1)OCO3. The maximum absolute atomic E-state index is 12.6. The van der Waals surface area contributed by atoms with Crippen LogP contribution in [-0.2, 0) is 0 Å². The lowest BCUT2D eigenvalue weighted by atomic mass is 10.2. The molecule has 4 aromatic rings. The molecule has 7 rings (SSSR count). The third kappa shape index (κ3) is 5.55. The van der Waals surface area contributed by atoms with Gasteiger partial charge in [-0.2, -0.15) is 0 Å². The predicted octanol–water partition coefficient (Wildman–Crippen LogP) is 2.66. The molecule has 220 valence electrons. The number of hydrogen-bond donors (Lipinski definition) is 4. The molecule has 2 amide bonds. The fraction of sp³-hybridized carbons (Fsp3) is 0.400. The highest BCUT2D eigenvalue weighted by Crippen LogP contribution is 2.37. The number of carbonyl (C=O) groups excluding carboxylic acids is 2. The van der Waals surface area contributed by atoms with Gasteiger partial charge in [0.15, 0.2) is 23.0 Å². The Hall–Kier alpha value is -4.42. The molecule has 42 heavy (non-hydrogen) atoms. The minimum absolute atomic E-state index is 0.109. The molecule has 3 aliphatic rings. The number of aromatic nitrogens is 2. The zero-order chi connectivity index (χ0) is 28.5. The van der Waals surface area contributed by atoms with Gasteiger partial charge in [-0.1, -0.05) is 0 Å². The molecule has 0 aliphatic carbocycles. The highest BCUT2D eigenvalue weighted by Gasteiger charge is 2.20. The Morgan fingerprint density at radius 1 is 0.619 bits per heavy atom. The number of rotatable bonds is 10. The Bertz CT molecular complexity index is 1420. The van der Waals surface area contributed by atoms with Crippen molar-refractivity contribution in [1.82, 2.24) is 30.4 Å². The summed E-state index contributed by atoms with van der Waals surface area (Å²) in [7, 11) is 0. The van der Waals surface area contributed by atoms with Crippen LogP contribution >= 0.6 is 0 Å². The summed E-state index contributed by atoms with van der Waals surface area (Å²) in [5, 5.41) is 7.89. The van der Waals surface area contributed by atoms with E-state index >= 15 is 0 Å². The van der Waals surface area contributed by atoms with Crippen LogP contribution in [0.15, 0.2) is 36.4 Å². The monoisotopic (exact) mass is 574 g/mol. The number of aromatic amines is 2. The first-order valence-corrected chi connectivity index (χ1v) is 14.4. The smallest absolute Gasteiger partial charge is 0.267 e. The third-order valence-electron chi connectivity index (χ3n) is 8.06. The zero-order valence-electron chi connectivity index (χ0n) is 23.3. The van der Waals surface area contributed by atoms with E-state index < -0.39 is 0 Å². The molecular formula is C30H34N6O6. The van der Waals surface area contributed by atoms with Crippen LogP contribution < -0.4 is 29.6 Å². The van der Waals surface area contributed by atoms with E-state index in [1.807, 2.05) is 36.4 Å². The number of hydrogen-bond acceptors (Lipinski definition) is 8. The molecule has 1 fully saturated rings. The molecular weight excluding hydrogens is 540 g/mol. The maximum Gasteiger partial charge on any atom is 0.267 e. The van der Waals surface area contributed by atoms with Crippen molar-refractivity contribution in [3.05, 3.63) is 47.8 Å². The first-order valence-electron chi connectivity index (χ1n) is 14.4. The Kier molecular flexibility index (Phi) is 7.22. The number of ether oxygens (including phenoxy) is 4. The Labute approximate surface area is 242 Å². The van der Waals surface area contributed by atoms with Gasteiger partial charge in [0, 0.05) is 73.2 Å². The molecule has 4 N–H and O–H groups in total. The van der Waals surface area contributed by atoms with E-state index in [0.29, 0.717) is 47.5 Å². The minimum atomic E-state index is -0.109. The summed E-state index contributed by atoms with van der Waals surface area (Å²) in [5.41, 5.74) is 2.78. The van der Waals surface area contributed by atoms with E-state index in [9.17, 15) is 9.59 Å². The number of carbonyl (C=O) groups is 2. The van der Waals surface area contributed by atoms with Gasteiger partial charge in [0.1, 0.15) is 11.4 Å². The molecule has 12 nitrogen and oxygen atoms in total. The van der Waals surface area contributed by atoms with Gasteiger partial charge < -0.3 is 49.3 Å². The van der Waals surface area contributed by atoms with Crippen molar-refractivity contribution in [2.24, 2.45) is 0 Å². The van der Waals surface area contributed by atoms with Crippen LogP contribution in [-0.4, -0.2) is 97.5 Å². The summed E-state index contributed by atoms with van der Waals surface area (Å²) in [6.45, 7) is 7.61. The lowest BCUT2D eigenvalue weighted by molar-refractivity contribution is 0.0931. The van der Waals surface area contributed by atoms with Crippen molar-refractivity contribution < 1.29 is 28.5 Å². The number of nitrogens with one attached hydrogen (secondary N) is 4. The molecule has 0 bridgehead atoms. The van der Waals surface area contributed by atoms with Crippen LogP contribution in [0.3, 0.4) is 0 Å². The van der Waals surface area contributed by atoms with E-state index in [0.717, 1.165) is 73.9 Å². The number of piperazine rings is 1. The van der Waals surface area contributed by atoms with Gasteiger partial charge in [0.25, 0.3) is 11.8 Å². The Morgan fingerprint density at radius 2 is 1.02 bits per heavy atom. The van der Waals surface area contributed by atoms with Gasteiger partial charge in [-0.05, 0) is 50.2 Å². The second kappa shape index (κ2) is 11.5. The maximum atomic E-state index is 12.6. The first-order chi connectivity index (χ1) is 20.6. The summed E-state index contributed by atoms with van der Waals surface area (Å²) < 4.78 is 21.7. The number of nitrogens with zero attached hydrogens (tertiary/aromatic N) is 2. The quantitative estimate of drug-likeness (QED) is 0.213. The molecule has 0 saturated carbocycles. The van der Waals surface area contributed by atoms with Crippen molar-refractivity contribution >= 4 is 33.6 Å². The first kappa shape index (κ1) is 26.5. The molecule has 0 unspecified atom stereocenters. The fourth-order valence-corrected chi connectivity index (χ4v) is 5.72. The summed E-state index contributed by atoms with van der Waals surface area (Å²) >= 11 is 0. The van der Waals surface area contributed by atoms with Crippen molar-refractivity contribution in [3.63, 3.8) is 0 Å². The van der Waals surface area contributed by atoms with Crippen molar-refractivity contribution in [2.45, 2.75) is 12.8 Å². The van der Waals surface area contributed by atoms with Crippen LogP contribution in [0.25, 0.3) is 21.8 Å². The van der Waals surface area contributed by atoms with E-state index in [2.05, 4.69) is 30.4 Å². The standard InChI is InChI=1S/C30H34N6O6/c37-29(23-11-19-13-25-27(41-17-39-25)15-21(19)33-23)31-3-1-5-35-7-9-36(10-8-35)6-2-4-32-30(38)24-12-20-14-26-28(42-18-40-26)16-22(20)34-24/h11-16,33-34H,1-10,17-18H2,(H,31,37)(H,32,38). The zero-order valence-corrected chi connectivity index (χ0v) is 23.3. The number of fused-ring (bicyclic) bond motifs is 4. The fourth-order valence-electron chi connectivity index (χ4n) is 5.72. The molecule has 2 aromatic heterocycles. The van der Waals surface area contributed by atoms with Crippen molar-refractivity contribution in [2.75, 3.05) is 65.9 Å². The molecule has 0 radical (unpaired) electrons. The van der Waals surface area contributed by atoms with Crippen LogP contribution in [0.4, 0.5) is 0 Å². The molecule has 0 atom stereocenters. The van der Waals surface area contributed by atoms with Crippen molar-refractivity contribution in [3.8, 4) is 23.0 Å². The minimum Gasteiger partial charge on any atom is -0.454 e. The third-order valence-corrected chi connectivity index (χ3v) is 8.06. The van der Waals surface area contributed by atoms with Crippen LogP contribution in [0.1, 0.15) is 33.8 Å². The van der Waals surface area contributed by atoms with Gasteiger partial charge in [-0.15, -0.1) is 0 Å². The van der Waals surface area contributed by atoms with E-state index in [1.54, 1.807) is 0 Å². The normalized spacial score (nSPS) is 16.4. The molecule has 3 aliphatic heterocycles. The highest BCUT2D eigenvalue weighted by molar-refractivity contribution is 5.99. The summed E-state index contributed by atoms with van der Waals surface area (Å²) in [4.78, 5) is 36.5. The summed E-state index contributed by atoms with van der Waals surface area (Å²) in [6.07, 6.45) is 1.79. The topological polar surface area (TPSA) is 133 Å². The highest BCUT2D eigenvalue weighted by atomic mass is 16.7. The van der Waals surface area contributed by atoms with Gasteiger partial charge >= 0.3 is 0 Å². The number of H-pyrrole nitrogens is 2. The largest absolute Gasteiger partial charge is 0.454 e. The van der Waals surface area contributed by atoms with Crippen LogP contribution in [0.2, 0.25) is 0 Å². The molecule has 2 aromatic carbocycles. The lowest BCUT2D eigenvalue weighted by Gasteiger charge is -2.34. The van der Waals surface area contributed by atoms with Gasteiger partial charge in [0.2, 0.25) is 13.6 Å². The van der Waals surface area contributed by atoms with Gasteiger partial charge in [0.05, 0.1) is 0 Å². The average Bonchev–Trinajstić information content (AvgIpc) is 3.80. The molecule has 12 heteroatoms. The van der Waals surface area contributed by atoms with Gasteiger partial charge in [-0.25, -0.2) is 0 Å². The van der Waals surface area contributed by atoms with E-state index in [-0.39, 0.29) is 25.4 Å². The number of benzene rings is 2. The summed E-state index contributed by atoms with van der Waals surface area (Å²) in [5.74, 6) is 2.58. The number of amides is 2. The van der Waals surface area contributed by atoms with Gasteiger partial charge in [-0.3, -0.25) is 9.59 Å². The summed E-state index contributed by atoms with van der Waals surface area (Å²) in [6, 6.07) is 11.2. The lowest BCUT2D eigenvalue weighted by Crippen LogP contribution is -2.47. The van der Waals surface area contributed by atoms with E-state index in [1.165, 1.54) is 0 Å². The molecule has 0 spiro atoms. The van der Waals surface area contributed by atoms with E-state index in [4.69, 9.17) is 18.9 Å².